The Morgan fingerprint density at radius 1 is 1.38 bits per heavy atom. The van der Waals surface area contributed by atoms with Crippen LogP contribution in [0.4, 0.5) is 4.39 Å². The van der Waals surface area contributed by atoms with Gasteiger partial charge >= 0.3 is 0 Å². The third-order valence-corrected chi connectivity index (χ3v) is 4.17. The Bertz CT molecular complexity index is 458. The van der Waals surface area contributed by atoms with Gasteiger partial charge in [-0.05, 0) is 38.8 Å². The third kappa shape index (κ3) is 4.42. The van der Waals surface area contributed by atoms with Crippen LogP contribution >= 0.6 is 0 Å². The summed E-state index contributed by atoms with van der Waals surface area (Å²) in [7, 11) is 0. The van der Waals surface area contributed by atoms with Gasteiger partial charge in [-0.25, -0.2) is 4.39 Å². The van der Waals surface area contributed by atoms with Gasteiger partial charge in [0.15, 0.2) is 0 Å². The SMILES string of the molecule is CCCNC(C)c1ccc(F)cc1OCC1(O)CCCC1. The molecular formula is C17H26FNO2. The van der Waals surface area contributed by atoms with Crippen LogP contribution in [0.5, 0.6) is 5.75 Å². The Morgan fingerprint density at radius 2 is 2.10 bits per heavy atom. The van der Waals surface area contributed by atoms with Crippen LogP contribution < -0.4 is 10.1 Å². The monoisotopic (exact) mass is 295 g/mol. The van der Waals surface area contributed by atoms with E-state index in [1.807, 2.05) is 6.92 Å². The maximum Gasteiger partial charge on any atom is 0.127 e. The van der Waals surface area contributed by atoms with E-state index in [2.05, 4.69) is 12.2 Å². The molecule has 1 atom stereocenters. The average molecular weight is 295 g/mol. The van der Waals surface area contributed by atoms with Crippen molar-refractivity contribution in [2.75, 3.05) is 13.2 Å². The zero-order chi connectivity index (χ0) is 15.3. The highest BCUT2D eigenvalue weighted by molar-refractivity contribution is 5.36. The van der Waals surface area contributed by atoms with Crippen molar-refractivity contribution in [2.45, 2.75) is 57.6 Å². The number of rotatable bonds is 7. The number of benzene rings is 1. The van der Waals surface area contributed by atoms with Gasteiger partial charge in [0, 0.05) is 17.7 Å². The molecule has 0 saturated heterocycles. The summed E-state index contributed by atoms with van der Waals surface area (Å²) in [6.07, 6.45) is 4.64. The molecule has 2 N–H and O–H groups in total. The number of halogens is 1. The molecule has 0 radical (unpaired) electrons. The lowest BCUT2D eigenvalue weighted by Gasteiger charge is -2.24. The molecule has 1 aromatic rings. The van der Waals surface area contributed by atoms with Gasteiger partial charge in [-0.15, -0.1) is 0 Å². The standard InChI is InChI=1S/C17H26FNO2/c1-3-10-19-13(2)15-7-6-14(18)11-16(15)21-12-17(20)8-4-5-9-17/h6-7,11,13,19-20H,3-5,8-10,12H2,1-2H3. The highest BCUT2D eigenvalue weighted by atomic mass is 19.1. The Kier molecular flexibility index (Phi) is 5.59. The largest absolute Gasteiger partial charge is 0.490 e. The Morgan fingerprint density at radius 3 is 2.76 bits per heavy atom. The molecule has 0 amide bonds. The van der Waals surface area contributed by atoms with Gasteiger partial charge in [-0.3, -0.25) is 0 Å². The first-order valence-corrected chi connectivity index (χ1v) is 7.92. The molecule has 21 heavy (non-hydrogen) atoms. The molecule has 1 fully saturated rings. The molecule has 1 aliphatic carbocycles. The van der Waals surface area contributed by atoms with E-state index in [4.69, 9.17) is 4.74 Å². The van der Waals surface area contributed by atoms with E-state index in [1.54, 1.807) is 6.07 Å². The Balaban J connectivity index is 2.07. The van der Waals surface area contributed by atoms with Crippen LogP contribution in [0.25, 0.3) is 0 Å². The summed E-state index contributed by atoms with van der Waals surface area (Å²) >= 11 is 0. The van der Waals surface area contributed by atoms with E-state index in [1.165, 1.54) is 12.1 Å². The van der Waals surface area contributed by atoms with Gasteiger partial charge in [0.25, 0.3) is 0 Å². The fraction of sp³-hybridized carbons (Fsp3) is 0.647. The van der Waals surface area contributed by atoms with E-state index in [9.17, 15) is 9.50 Å². The first kappa shape index (κ1) is 16.2. The molecule has 2 rings (SSSR count). The van der Waals surface area contributed by atoms with Gasteiger partial charge in [0.05, 0.1) is 5.60 Å². The lowest BCUT2D eigenvalue weighted by Crippen LogP contribution is -2.32. The van der Waals surface area contributed by atoms with Crippen LogP contribution in [0.1, 0.15) is 57.6 Å². The third-order valence-electron chi connectivity index (χ3n) is 4.17. The van der Waals surface area contributed by atoms with Gasteiger partial charge in [-0.2, -0.15) is 0 Å². The molecule has 0 spiro atoms. The van der Waals surface area contributed by atoms with Crippen molar-refractivity contribution >= 4 is 0 Å². The number of nitrogens with one attached hydrogen (secondary N) is 1. The minimum Gasteiger partial charge on any atom is -0.490 e. The second kappa shape index (κ2) is 7.23. The quantitative estimate of drug-likeness (QED) is 0.808. The normalized spacial score (nSPS) is 18.7. The predicted molar refractivity (Wildman–Crippen MR) is 82.0 cm³/mol. The van der Waals surface area contributed by atoms with Gasteiger partial charge in [0.1, 0.15) is 18.2 Å². The molecule has 0 aliphatic heterocycles. The zero-order valence-electron chi connectivity index (χ0n) is 13.0. The molecule has 1 saturated carbocycles. The van der Waals surface area contributed by atoms with Crippen LogP contribution in [0.3, 0.4) is 0 Å². The van der Waals surface area contributed by atoms with Crippen molar-refractivity contribution in [3.8, 4) is 5.75 Å². The number of ether oxygens (including phenoxy) is 1. The molecule has 118 valence electrons. The first-order chi connectivity index (χ1) is 10.0. The molecule has 3 nitrogen and oxygen atoms in total. The summed E-state index contributed by atoms with van der Waals surface area (Å²) in [5, 5.41) is 13.7. The molecule has 1 unspecified atom stereocenters. The molecule has 1 aliphatic rings. The van der Waals surface area contributed by atoms with Crippen molar-refractivity contribution in [3.05, 3.63) is 29.6 Å². The van der Waals surface area contributed by atoms with Crippen LogP contribution in [0.15, 0.2) is 18.2 Å². The van der Waals surface area contributed by atoms with E-state index < -0.39 is 5.60 Å². The number of aliphatic hydroxyl groups is 1. The second-order valence-electron chi connectivity index (χ2n) is 6.08. The van der Waals surface area contributed by atoms with Crippen molar-refractivity contribution in [1.29, 1.82) is 0 Å². The minimum absolute atomic E-state index is 0.0961. The van der Waals surface area contributed by atoms with E-state index in [0.29, 0.717) is 5.75 Å². The van der Waals surface area contributed by atoms with Crippen LogP contribution in [-0.2, 0) is 0 Å². The molecule has 0 bridgehead atoms. The summed E-state index contributed by atoms with van der Waals surface area (Å²) in [6.45, 7) is 5.29. The van der Waals surface area contributed by atoms with Crippen LogP contribution in [-0.4, -0.2) is 23.9 Å². The van der Waals surface area contributed by atoms with Crippen molar-refractivity contribution in [1.82, 2.24) is 5.32 Å². The topological polar surface area (TPSA) is 41.5 Å². The highest BCUT2D eigenvalue weighted by Crippen LogP contribution is 2.32. The molecule has 0 aromatic heterocycles. The van der Waals surface area contributed by atoms with Crippen LogP contribution in [0, 0.1) is 5.82 Å². The number of hydrogen-bond acceptors (Lipinski definition) is 3. The number of hydrogen-bond donors (Lipinski definition) is 2. The molecule has 0 heterocycles. The van der Waals surface area contributed by atoms with Gasteiger partial charge in [-0.1, -0.05) is 25.8 Å². The van der Waals surface area contributed by atoms with Crippen molar-refractivity contribution < 1.29 is 14.2 Å². The molecule has 4 heteroatoms. The maximum absolute atomic E-state index is 13.5. The summed E-state index contributed by atoms with van der Waals surface area (Å²) < 4.78 is 19.3. The maximum atomic E-state index is 13.5. The lowest BCUT2D eigenvalue weighted by molar-refractivity contribution is 0.000914. The van der Waals surface area contributed by atoms with E-state index in [-0.39, 0.29) is 18.5 Å². The predicted octanol–water partition coefficient (Wildman–Crippen LogP) is 3.57. The zero-order valence-corrected chi connectivity index (χ0v) is 13.0. The average Bonchev–Trinajstić information content (AvgIpc) is 2.90. The summed E-state index contributed by atoms with van der Waals surface area (Å²) in [6, 6.07) is 4.73. The highest BCUT2D eigenvalue weighted by Gasteiger charge is 2.32. The Labute approximate surface area is 126 Å². The molecule has 1 aromatic carbocycles. The van der Waals surface area contributed by atoms with Crippen molar-refractivity contribution in [2.24, 2.45) is 0 Å². The van der Waals surface area contributed by atoms with Crippen LogP contribution in [0.2, 0.25) is 0 Å². The minimum atomic E-state index is -0.746. The van der Waals surface area contributed by atoms with E-state index in [0.717, 1.165) is 44.2 Å². The summed E-state index contributed by atoms with van der Waals surface area (Å²) in [5.74, 6) is 0.223. The van der Waals surface area contributed by atoms with Crippen molar-refractivity contribution in [3.63, 3.8) is 0 Å². The van der Waals surface area contributed by atoms with E-state index >= 15 is 0 Å². The fourth-order valence-electron chi connectivity index (χ4n) is 2.85. The summed E-state index contributed by atoms with van der Waals surface area (Å²) in [5.41, 5.74) is 0.190. The second-order valence-corrected chi connectivity index (χ2v) is 6.08. The first-order valence-electron chi connectivity index (χ1n) is 7.92. The lowest BCUT2D eigenvalue weighted by atomic mass is 10.0. The smallest absolute Gasteiger partial charge is 0.127 e. The molecular weight excluding hydrogens is 269 g/mol. The van der Waals surface area contributed by atoms with Gasteiger partial charge in [0.2, 0.25) is 0 Å². The summed E-state index contributed by atoms with van der Waals surface area (Å²) in [4.78, 5) is 0. The fourth-order valence-corrected chi connectivity index (χ4v) is 2.85. The Hall–Kier alpha value is -1.13. The van der Waals surface area contributed by atoms with Gasteiger partial charge < -0.3 is 15.2 Å².